The van der Waals surface area contributed by atoms with Crippen LogP contribution in [0, 0.1) is 0 Å². The molecule has 0 radical (unpaired) electrons. The maximum atomic E-state index is 12.8. The van der Waals surface area contributed by atoms with Crippen LogP contribution in [0.1, 0.15) is 27.0 Å². The second-order valence-electron chi connectivity index (χ2n) is 5.27. The van der Waals surface area contributed by atoms with Gasteiger partial charge in [-0.15, -0.1) is 0 Å². The molecule has 0 bridgehead atoms. The standard InChI is InChI=1S/C15H12N8O/c16-21-19-6-10-3-12(5-14(4-10)20-22-17)15(24)23-8-11-1-2-18-7-13(11)9-23/h1-5,7H,6,8-9H2. The van der Waals surface area contributed by atoms with Gasteiger partial charge in [0.2, 0.25) is 0 Å². The van der Waals surface area contributed by atoms with E-state index in [1.807, 2.05) is 6.07 Å². The Morgan fingerprint density at radius 1 is 1.21 bits per heavy atom. The highest BCUT2D eigenvalue weighted by molar-refractivity contribution is 5.95. The van der Waals surface area contributed by atoms with Gasteiger partial charge >= 0.3 is 0 Å². The van der Waals surface area contributed by atoms with Gasteiger partial charge in [0.15, 0.2) is 0 Å². The molecule has 1 amide bonds. The number of hydrogen-bond donors (Lipinski definition) is 0. The topological polar surface area (TPSA) is 131 Å². The van der Waals surface area contributed by atoms with Crippen LogP contribution >= 0.6 is 0 Å². The number of fused-ring (bicyclic) bond motifs is 1. The van der Waals surface area contributed by atoms with E-state index < -0.39 is 0 Å². The number of nitrogens with zero attached hydrogens (tertiary/aromatic N) is 8. The van der Waals surface area contributed by atoms with Crippen molar-refractivity contribution < 1.29 is 4.79 Å². The van der Waals surface area contributed by atoms with Crippen molar-refractivity contribution >= 4 is 11.6 Å². The van der Waals surface area contributed by atoms with Crippen molar-refractivity contribution in [3.05, 3.63) is 79.8 Å². The van der Waals surface area contributed by atoms with E-state index in [2.05, 4.69) is 25.0 Å². The number of hydrogen-bond acceptors (Lipinski definition) is 4. The lowest BCUT2D eigenvalue weighted by atomic mass is 10.1. The van der Waals surface area contributed by atoms with E-state index in [0.29, 0.717) is 29.9 Å². The van der Waals surface area contributed by atoms with Gasteiger partial charge in [-0.2, -0.15) is 0 Å². The predicted molar refractivity (Wildman–Crippen MR) is 85.9 cm³/mol. The summed E-state index contributed by atoms with van der Waals surface area (Å²) in [4.78, 5) is 24.0. The Labute approximate surface area is 136 Å². The molecule has 118 valence electrons. The number of benzene rings is 1. The summed E-state index contributed by atoms with van der Waals surface area (Å²) in [6.45, 7) is 1.07. The summed E-state index contributed by atoms with van der Waals surface area (Å²) in [5.74, 6) is -0.177. The van der Waals surface area contributed by atoms with Crippen LogP contribution in [-0.2, 0) is 19.6 Å². The van der Waals surface area contributed by atoms with Crippen molar-refractivity contribution in [3.8, 4) is 0 Å². The maximum Gasteiger partial charge on any atom is 0.254 e. The van der Waals surface area contributed by atoms with Gasteiger partial charge in [0.05, 0.1) is 6.54 Å². The van der Waals surface area contributed by atoms with Crippen LogP contribution in [0.4, 0.5) is 5.69 Å². The third-order valence-corrected chi connectivity index (χ3v) is 3.72. The van der Waals surface area contributed by atoms with E-state index in [9.17, 15) is 4.79 Å². The molecular weight excluding hydrogens is 308 g/mol. The lowest BCUT2D eigenvalue weighted by molar-refractivity contribution is 0.0751. The highest BCUT2D eigenvalue weighted by Crippen LogP contribution is 2.26. The average molecular weight is 320 g/mol. The van der Waals surface area contributed by atoms with Gasteiger partial charge in [0.25, 0.3) is 5.91 Å². The fourth-order valence-corrected chi connectivity index (χ4v) is 2.66. The van der Waals surface area contributed by atoms with Gasteiger partial charge in [-0.25, -0.2) is 0 Å². The first-order chi connectivity index (χ1) is 11.7. The molecule has 1 aliphatic rings. The second kappa shape index (κ2) is 6.70. The monoisotopic (exact) mass is 320 g/mol. The molecule has 0 unspecified atom stereocenters. The van der Waals surface area contributed by atoms with E-state index in [1.54, 1.807) is 29.4 Å². The summed E-state index contributed by atoms with van der Waals surface area (Å²) in [7, 11) is 0. The van der Waals surface area contributed by atoms with Crippen LogP contribution in [0.15, 0.2) is 46.9 Å². The van der Waals surface area contributed by atoms with Crippen LogP contribution in [-0.4, -0.2) is 15.8 Å². The Hall–Kier alpha value is -3.54. The van der Waals surface area contributed by atoms with E-state index >= 15 is 0 Å². The van der Waals surface area contributed by atoms with Crippen LogP contribution in [0.3, 0.4) is 0 Å². The van der Waals surface area contributed by atoms with Crippen molar-refractivity contribution in [2.24, 2.45) is 10.2 Å². The smallest absolute Gasteiger partial charge is 0.254 e. The Balaban J connectivity index is 1.90. The van der Waals surface area contributed by atoms with Gasteiger partial charge in [-0.3, -0.25) is 9.78 Å². The molecule has 1 aliphatic heterocycles. The number of azide groups is 2. The van der Waals surface area contributed by atoms with Crippen molar-refractivity contribution in [3.63, 3.8) is 0 Å². The molecule has 9 nitrogen and oxygen atoms in total. The lowest BCUT2D eigenvalue weighted by Gasteiger charge is -2.16. The first kappa shape index (κ1) is 15.4. The third-order valence-electron chi connectivity index (χ3n) is 3.72. The SMILES string of the molecule is [N-]=[N+]=NCc1cc(N=[N+]=[N-])cc(C(=O)N2Cc3ccncc3C2)c1. The molecule has 3 rings (SSSR count). The number of rotatable bonds is 4. The summed E-state index contributed by atoms with van der Waals surface area (Å²) in [5.41, 5.74) is 20.5. The molecule has 0 saturated heterocycles. The summed E-state index contributed by atoms with van der Waals surface area (Å²) in [5, 5.41) is 7.04. The van der Waals surface area contributed by atoms with Gasteiger partial charge in [0.1, 0.15) is 0 Å². The molecule has 0 spiro atoms. The Bertz CT molecular complexity index is 871. The van der Waals surface area contributed by atoms with Crippen molar-refractivity contribution in [2.75, 3.05) is 0 Å². The van der Waals surface area contributed by atoms with Gasteiger partial charge in [-0.1, -0.05) is 10.2 Å². The zero-order valence-corrected chi connectivity index (χ0v) is 12.6. The molecule has 0 fully saturated rings. The van der Waals surface area contributed by atoms with Crippen LogP contribution < -0.4 is 0 Å². The second-order valence-corrected chi connectivity index (χ2v) is 5.27. The summed E-state index contributed by atoms with van der Waals surface area (Å²) >= 11 is 0. The largest absolute Gasteiger partial charge is 0.330 e. The number of carbonyl (C=O) groups is 1. The quantitative estimate of drug-likeness (QED) is 0.479. The Morgan fingerprint density at radius 3 is 2.79 bits per heavy atom. The number of amides is 1. The highest BCUT2D eigenvalue weighted by atomic mass is 16.2. The fraction of sp³-hybridized carbons (Fsp3) is 0.200. The molecule has 2 aromatic rings. The number of aromatic nitrogens is 1. The minimum atomic E-state index is -0.177. The third kappa shape index (κ3) is 3.12. The molecule has 2 heterocycles. The molecular formula is C15H12N8O. The summed E-state index contributed by atoms with van der Waals surface area (Å²) in [6, 6.07) is 6.66. The minimum absolute atomic E-state index is 0.0791. The molecule has 0 saturated carbocycles. The first-order valence-electron chi connectivity index (χ1n) is 7.12. The fourth-order valence-electron chi connectivity index (χ4n) is 2.66. The average Bonchev–Trinajstić information content (AvgIpc) is 3.03. The van der Waals surface area contributed by atoms with Crippen molar-refractivity contribution in [2.45, 2.75) is 19.6 Å². The first-order valence-corrected chi connectivity index (χ1v) is 7.12. The molecule has 1 aromatic carbocycles. The normalized spacial score (nSPS) is 12.1. The predicted octanol–water partition coefficient (Wildman–Crippen LogP) is 3.99. The van der Waals surface area contributed by atoms with E-state index in [0.717, 1.165) is 11.1 Å². The Morgan fingerprint density at radius 2 is 2.04 bits per heavy atom. The summed E-state index contributed by atoms with van der Waals surface area (Å²) in [6.07, 6.45) is 3.46. The summed E-state index contributed by atoms with van der Waals surface area (Å²) < 4.78 is 0. The van der Waals surface area contributed by atoms with E-state index in [4.69, 9.17) is 11.1 Å². The minimum Gasteiger partial charge on any atom is -0.330 e. The van der Waals surface area contributed by atoms with Gasteiger partial charge in [-0.05, 0) is 52.0 Å². The van der Waals surface area contributed by atoms with Crippen molar-refractivity contribution in [1.82, 2.24) is 9.88 Å². The maximum absolute atomic E-state index is 12.8. The number of carbonyl (C=O) groups excluding carboxylic acids is 1. The molecule has 0 aliphatic carbocycles. The van der Waals surface area contributed by atoms with E-state index in [1.165, 1.54) is 6.07 Å². The molecule has 9 heteroatoms. The number of pyridine rings is 1. The molecule has 0 N–H and O–H groups in total. The molecule has 0 atom stereocenters. The zero-order chi connectivity index (χ0) is 16.9. The van der Waals surface area contributed by atoms with Crippen LogP contribution in [0.25, 0.3) is 20.9 Å². The molecule has 1 aromatic heterocycles. The van der Waals surface area contributed by atoms with Gasteiger partial charge in [0, 0.05) is 46.6 Å². The van der Waals surface area contributed by atoms with Gasteiger partial charge < -0.3 is 4.90 Å². The molecule has 24 heavy (non-hydrogen) atoms. The lowest BCUT2D eigenvalue weighted by Crippen LogP contribution is -2.25. The zero-order valence-electron chi connectivity index (χ0n) is 12.6. The Kier molecular flexibility index (Phi) is 4.29. The highest BCUT2D eigenvalue weighted by Gasteiger charge is 2.24. The van der Waals surface area contributed by atoms with Crippen LogP contribution in [0.5, 0.6) is 0 Å². The van der Waals surface area contributed by atoms with Crippen LogP contribution in [0.2, 0.25) is 0 Å². The van der Waals surface area contributed by atoms with E-state index in [-0.39, 0.29) is 12.5 Å². The van der Waals surface area contributed by atoms with Crippen molar-refractivity contribution in [1.29, 1.82) is 0 Å².